The van der Waals surface area contributed by atoms with Gasteiger partial charge < -0.3 is 70.3 Å². The van der Waals surface area contributed by atoms with Gasteiger partial charge in [0.1, 0.15) is 24.4 Å². The summed E-state index contributed by atoms with van der Waals surface area (Å²) in [7, 11) is 1.20. The van der Waals surface area contributed by atoms with E-state index in [1.165, 1.54) is 19.4 Å². The molecular formula is C31H46N4O13. The van der Waals surface area contributed by atoms with Gasteiger partial charge in [0.15, 0.2) is 12.2 Å². The number of nitrogens with one attached hydrogen (secondary N) is 1. The minimum Gasteiger partial charge on any atom is -0.478 e. The second-order valence-electron chi connectivity index (χ2n) is 10.9. The Labute approximate surface area is 277 Å². The normalized spacial score (nSPS) is 29.6. The molecule has 0 saturated carbocycles. The first-order chi connectivity index (χ1) is 23.0. The molecule has 3 rings (SSSR count). The average molecular weight is 683 g/mol. The van der Waals surface area contributed by atoms with Gasteiger partial charge in [-0.2, -0.15) is 0 Å². The van der Waals surface area contributed by atoms with Crippen LogP contribution in [0.2, 0.25) is 0 Å². The highest BCUT2D eigenvalue weighted by Gasteiger charge is 2.48. The summed E-state index contributed by atoms with van der Waals surface area (Å²) in [6.45, 7) is 5.17. The first kappa shape index (κ1) is 38.6. The van der Waals surface area contributed by atoms with Crippen LogP contribution in [0.4, 0.5) is 0 Å². The monoisotopic (exact) mass is 682 g/mol. The van der Waals surface area contributed by atoms with Crippen molar-refractivity contribution in [2.24, 2.45) is 22.6 Å². The molecule has 17 heteroatoms. The molecule has 0 aromatic carbocycles. The van der Waals surface area contributed by atoms with E-state index in [0.717, 1.165) is 6.26 Å². The fourth-order valence-corrected chi connectivity index (χ4v) is 5.41. The number of aliphatic hydroxyl groups is 5. The van der Waals surface area contributed by atoms with Gasteiger partial charge in [-0.15, -0.1) is 6.58 Å². The molecule has 3 heterocycles. The molecule has 17 nitrogen and oxygen atoms in total. The highest BCUT2D eigenvalue weighted by molar-refractivity contribution is 5.95. The van der Waals surface area contributed by atoms with Gasteiger partial charge in [-0.05, 0) is 18.9 Å². The predicted octanol–water partition coefficient (Wildman–Crippen LogP) is -1.95. The van der Waals surface area contributed by atoms with Crippen molar-refractivity contribution in [1.82, 2.24) is 10.2 Å². The maximum absolute atomic E-state index is 12.9. The Morgan fingerprint density at radius 2 is 1.96 bits per heavy atom. The smallest absolute Gasteiger partial charge is 0.339 e. The van der Waals surface area contributed by atoms with Crippen molar-refractivity contribution in [1.29, 1.82) is 0 Å². The van der Waals surface area contributed by atoms with Crippen LogP contribution >= 0.6 is 0 Å². The number of aliphatic carboxylic acids is 1. The number of hydrogen-bond acceptors (Lipinski definition) is 14. The molecule has 0 aromatic rings. The first-order valence-corrected chi connectivity index (χ1v) is 15.4. The van der Waals surface area contributed by atoms with Gasteiger partial charge in [-0.3, -0.25) is 4.99 Å². The van der Waals surface area contributed by atoms with Crippen LogP contribution in [0.3, 0.4) is 0 Å². The van der Waals surface area contributed by atoms with E-state index >= 15 is 0 Å². The van der Waals surface area contributed by atoms with Gasteiger partial charge >= 0.3 is 11.9 Å². The van der Waals surface area contributed by atoms with Gasteiger partial charge in [-0.1, -0.05) is 18.2 Å². The second kappa shape index (κ2) is 18.7. The number of guanidine groups is 1. The van der Waals surface area contributed by atoms with Gasteiger partial charge in [-0.25, -0.2) is 9.59 Å². The third-order valence-corrected chi connectivity index (χ3v) is 7.81. The quantitative estimate of drug-likeness (QED) is 0.0289. The number of rotatable bonds is 16. The largest absolute Gasteiger partial charge is 0.478 e. The first-order valence-electron chi connectivity index (χ1n) is 15.4. The van der Waals surface area contributed by atoms with Crippen molar-refractivity contribution in [3.8, 4) is 0 Å². The number of nitrogens with zero attached hydrogens (tertiary/aromatic N) is 2. The summed E-state index contributed by atoms with van der Waals surface area (Å²) in [5.41, 5.74) is 6.48. The van der Waals surface area contributed by atoms with Crippen LogP contribution < -0.4 is 11.1 Å². The van der Waals surface area contributed by atoms with E-state index in [2.05, 4.69) is 16.9 Å². The summed E-state index contributed by atoms with van der Waals surface area (Å²) in [5, 5.41) is 62.3. The number of nitrogens with two attached hydrogens (primary N) is 1. The van der Waals surface area contributed by atoms with E-state index in [1.807, 2.05) is 0 Å². The van der Waals surface area contributed by atoms with E-state index < -0.39 is 67.4 Å². The summed E-state index contributed by atoms with van der Waals surface area (Å²) in [4.78, 5) is 30.9. The molecule has 0 bridgehead atoms. The maximum atomic E-state index is 12.9. The fraction of sp³-hybridized carbons (Fsp3) is 0.581. The number of hydrogen-bond donors (Lipinski definition) is 8. The van der Waals surface area contributed by atoms with Crippen LogP contribution in [0.1, 0.15) is 13.3 Å². The Balaban J connectivity index is 2.04. The highest BCUT2D eigenvalue weighted by Crippen LogP contribution is 2.37. The lowest BCUT2D eigenvalue weighted by atomic mass is 9.83. The van der Waals surface area contributed by atoms with Crippen LogP contribution in [0.15, 0.2) is 64.7 Å². The molecule has 48 heavy (non-hydrogen) atoms. The number of carboxylic acid groups (broad SMARTS) is 1. The average Bonchev–Trinajstić information content (AvgIpc) is 3.07. The number of carbonyl (C=O) groups is 2. The lowest BCUT2D eigenvalue weighted by molar-refractivity contribution is -0.344. The van der Waals surface area contributed by atoms with Crippen LogP contribution in [0.25, 0.3) is 0 Å². The van der Waals surface area contributed by atoms with Crippen LogP contribution in [0, 0.1) is 11.8 Å². The molecular weight excluding hydrogens is 636 g/mol. The number of allylic oxidation sites excluding steroid dienone is 1. The Morgan fingerprint density at radius 3 is 2.56 bits per heavy atom. The third-order valence-electron chi connectivity index (χ3n) is 7.81. The SMILES string of the molecule is C=CC1C(OC2OC(CO)C(O)C(O)C2OCC)OC=C(C(=O)OC)C1C=CC1=C(NC(N)=NCCCO)C(C(=O)O)=CN(CCO)C1. The number of carboxylic acids is 1. The van der Waals surface area contributed by atoms with E-state index in [0.29, 0.717) is 12.0 Å². The fourth-order valence-electron chi connectivity index (χ4n) is 5.41. The number of β-amino-alcohol motifs (C(OH)–C–C–N with tert-alkyl or cyclic N) is 1. The summed E-state index contributed by atoms with van der Waals surface area (Å²) in [6.07, 6.45) is -0.227. The molecule has 8 atom stereocenters. The van der Waals surface area contributed by atoms with Gasteiger partial charge in [0.25, 0.3) is 0 Å². The minimum atomic E-state index is -1.47. The van der Waals surface area contributed by atoms with Gasteiger partial charge in [0, 0.05) is 45.0 Å². The van der Waals surface area contributed by atoms with Crippen molar-refractivity contribution in [3.63, 3.8) is 0 Å². The van der Waals surface area contributed by atoms with E-state index in [-0.39, 0.29) is 62.3 Å². The Bertz CT molecular complexity index is 1280. The van der Waals surface area contributed by atoms with E-state index in [4.69, 9.17) is 34.5 Å². The van der Waals surface area contributed by atoms with Gasteiger partial charge in [0.05, 0.1) is 49.3 Å². The van der Waals surface area contributed by atoms with Crippen molar-refractivity contribution in [2.75, 3.05) is 53.2 Å². The number of aliphatic imine (C=N–C) groups is 1. The molecule has 0 aromatic heterocycles. The van der Waals surface area contributed by atoms with E-state index in [1.54, 1.807) is 24.0 Å². The van der Waals surface area contributed by atoms with Crippen LogP contribution in [0.5, 0.6) is 0 Å². The van der Waals surface area contributed by atoms with E-state index in [9.17, 15) is 35.1 Å². The zero-order chi connectivity index (χ0) is 35.4. The lowest BCUT2D eigenvalue weighted by Crippen LogP contribution is -2.61. The third kappa shape index (κ3) is 9.42. The molecule has 8 unspecified atom stereocenters. The molecule has 9 N–H and O–H groups in total. The molecule has 3 aliphatic heterocycles. The molecule has 0 aliphatic carbocycles. The van der Waals surface area contributed by atoms with Crippen LogP contribution in [-0.4, -0.2) is 144 Å². The molecule has 0 amide bonds. The Kier molecular flexibility index (Phi) is 15.0. The molecule has 0 radical (unpaired) electrons. The number of methoxy groups -OCH3 is 1. The summed E-state index contributed by atoms with van der Waals surface area (Å²) in [5.74, 6) is -3.73. The zero-order valence-electron chi connectivity index (χ0n) is 26.9. The van der Waals surface area contributed by atoms with Gasteiger partial charge in [0.2, 0.25) is 6.29 Å². The lowest BCUT2D eigenvalue weighted by Gasteiger charge is -2.44. The minimum absolute atomic E-state index is 0.0744. The molecule has 1 saturated heterocycles. The number of carbonyl (C=O) groups excluding carboxylic acids is 1. The summed E-state index contributed by atoms with van der Waals surface area (Å²) >= 11 is 0. The summed E-state index contributed by atoms with van der Waals surface area (Å²) in [6, 6.07) is 0. The molecule has 268 valence electrons. The number of aliphatic hydroxyl groups excluding tert-OH is 5. The summed E-state index contributed by atoms with van der Waals surface area (Å²) < 4.78 is 28.2. The molecule has 3 aliphatic rings. The number of esters is 1. The van der Waals surface area contributed by atoms with Crippen molar-refractivity contribution in [2.45, 2.75) is 50.3 Å². The maximum Gasteiger partial charge on any atom is 0.339 e. The van der Waals surface area contributed by atoms with Crippen LogP contribution in [-0.2, 0) is 33.3 Å². The number of ether oxygens (including phenoxy) is 5. The standard InChI is InChI=1S/C31H46N4O13/c1-4-18-19(8-7-17-13-35(10-12-37)14-20(27(41)42)23(17)34-31(32)33-9-6-11-36)21(28(43)44-3)16-46-29(18)48-30-26(45-5-2)25(40)24(39)22(15-38)47-30/h4,7-8,14,16,18-19,22,24-26,29-30,36-40H,1,5-6,9-13,15H2,2-3H3,(H,41,42)(H3,32,33,34). The van der Waals surface area contributed by atoms with Crippen molar-refractivity contribution >= 4 is 17.9 Å². The second-order valence-corrected chi connectivity index (χ2v) is 10.9. The molecule has 0 spiro atoms. The molecule has 1 fully saturated rings. The van der Waals surface area contributed by atoms with Crippen molar-refractivity contribution in [3.05, 3.63) is 59.7 Å². The van der Waals surface area contributed by atoms with Crippen molar-refractivity contribution < 1.29 is 63.9 Å². The zero-order valence-corrected chi connectivity index (χ0v) is 26.9. The Morgan fingerprint density at radius 1 is 1.21 bits per heavy atom. The highest BCUT2D eigenvalue weighted by atomic mass is 16.8. The Hall–Kier alpha value is -3.81. The predicted molar refractivity (Wildman–Crippen MR) is 168 cm³/mol. The topological polar surface area (TPSA) is 255 Å².